The van der Waals surface area contributed by atoms with E-state index in [0.29, 0.717) is 13.2 Å². The van der Waals surface area contributed by atoms with E-state index in [1.165, 1.54) is 6.07 Å². The minimum Gasteiger partial charge on any atom is -0.486 e. The quantitative estimate of drug-likeness (QED) is 0.912. The number of rotatable bonds is 4. The maximum absolute atomic E-state index is 13.8. The van der Waals surface area contributed by atoms with Crippen LogP contribution < -0.4 is 10.5 Å². The third kappa shape index (κ3) is 3.12. The highest BCUT2D eigenvalue weighted by atomic mass is 19.1. The average molecular weight is 259 g/mol. The van der Waals surface area contributed by atoms with Crippen molar-refractivity contribution in [1.82, 2.24) is 0 Å². The van der Waals surface area contributed by atoms with Gasteiger partial charge in [0, 0.05) is 6.54 Å². The van der Waals surface area contributed by atoms with Crippen molar-refractivity contribution < 1.29 is 9.13 Å². The highest BCUT2D eigenvalue weighted by molar-refractivity contribution is 5.34. The van der Waals surface area contributed by atoms with Gasteiger partial charge in [-0.05, 0) is 48.2 Å². The second-order valence-corrected chi connectivity index (χ2v) is 4.63. The Bertz CT molecular complexity index is 561. The summed E-state index contributed by atoms with van der Waals surface area (Å²) < 4.78 is 19.3. The SMILES string of the molecule is Cc1cccc(C)c1COc1ccc(CN)cc1F. The van der Waals surface area contributed by atoms with Gasteiger partial charge in [-0.15, -0.1) is 0 Å². The number of halogens is 1. The lowest BCUT2D eigenvalue weighted by Crippen LogP contribution is -2.03. The molecule has 0 atom stereocenters. The van der Waals surface area contributed by atoms with E-state index in [9.17, 15) is 4.39 Å². The molecule has 0 radical (unpaired) electrons. The predicted octanol–water partition coefficient (Wildman–Crippen LogP) is 3.48. The topological polar surface area (TPSA) is 35.2 Å². The van der Waals surface area contributed by atoms with Gasteiger partial charge in [-0.1, -0.05) is 24.3 Å². The first-order valence-electron chi connectivity index (χ1n) is 6.28. The van der Waals surface area contributed by atoms with E-state index in [1.54, 1.807) is 12.1 Å². The highest BCUT2D eigenvalue weighted by Gasteiger charge is 2.07. The third-order valence-corrected chi connectivity index (χ3v) is 3.25. The van der Waals surface area contributed by atoms with Gasteiger partial charge >= 0.3 is 0 Å². The number of nitrogens with two attached hydrogens (primary N) is 1. The van der Waals surface area contributed by atoms with Crippen molar-refractivity contribution in [1.29, 1.82) is 0 Å². The van der Waals surface area contributed by atoms with Crippen molar-refractivity contribution in [2.75, 3.05) is 0 Å². The highest BCUT2D eigenvalue weighted by Crippen LogP contribution is 2.21. The van der Waals surface area contributed by atoms with Gasteiger partial charge in [0.25, 0.3) is 0 Å². The van der Waals surface area contributed by atoms with E-state index in [-0.39, 0.29) is 11.6 Å². The summed E-state index contributed by atoms with van der Waals surface area (Å²) in [6.07, 6.45) is 0. The summed E-state index contributed by atoms with van der Waals surface area (Å²) >= 11 is 0. The zero-order valence-corrected chi connectivity index (χ0v) is 11.2. The van der Waals surface area contributed by atoms with Crippen LogP contribution in [0, 0.1) is 19.7 Å². The molecule has 0 spiro atoms. The molecule has 0 aliphatic rings. The third-order valence-electron chi connectivity index (χ3n) is 3.25. The second kappa shape index (κ2) is 5.85. The minimum atomic E-state index is -0.366. The van der Waals surface area contributed by atoms with Gasteiger partial charge in [0.15, 0.2) is 11.6 Å². The summed E-state index contributed by atoms with van der Waals surface area (Å²) in [6.45, 7) is 4.75. The van der Waals surface area contributed by atoms with Crippen LogP contribution in [0.25, 0.3) is 0 Å². The van der Waals surface area contributed by atoms with Crippen molar-refractivity contribution >= 4 is 0 Å². The van der Waals surface area contributed by atoms with Crippen molar-refractivity contribution in [2.24, 2.45) is 5.73 Å². The maximum Gasteiger partial charge on any atom is 0.165 e. The molecule has 0 heterocycles. The van der Waals surface area contributed by atoms with Crippen LogP contribution in [-0.4, -0.2) is 0 Å². The molecule has 0 fully saturated rings. The minimum absolute atomic E-state index is 0.264. The van der Waals surface area contributed by atoms with E-state index < -0.39 is 0 Å². The molecule has 0 aliphatic carbocycles. The molecule has 0 saturated carbocycles. The van der Waals surface area contributed by atoms with Crippen LogP contribution in [0.2, 0.25) is 0 Å². The van der Waals surface area contributed by atoms with Crippen molar-refractivity contribution in [2.45, 2.75) is 27.0 Å². The normalized spacial score (nSPS) is 10.5. The maximum atomic E-state index is 13.8. The molecular formula is C16H18FNO. The van der Waals surface area contributed by atoms with E-state index in [4.69, 9.17) is 10.5 Å². The summed E-state index contributed by atoms with van der Waals surface area (Å²) in [6, 6.07) is 10.9. The Hall–Kier alpha value is -1.87. The molecule has 19 heavy (non-hydrogen) atoms. The Morgan fingerprint density at radius 2 is 1.79 bits per heavy atom. The summed E-state index contributed by atoms with van der Waals surface area (Å²) in [5.41, 5.74) is 9.63. The fraction of sp³-hybridized carbons (Fsp3) is 0.250. The van der Waals surface area contributed by atoms with Gasteiger partial charge in [0.05, 0.1) is 0 Å². The van der Waals surface area contributed by atoms with E-state index in [1.807, 2.05) is 32.0 Å². The Balaban J connectivity index is 2.15. The van der Waals surface area contributed by atoms with E-state index in [2.05, 4.69) is 0 Å². The van der Waals surface area contributed by atoms with Crippen LogP contribution in [0.15, 0.2) is 36.4 Å². The number of benzene rings is 2. The van der Waals surface area contributed by atoms with Gasteiger partial charge < -0.3 is 10.5 Å². The van der Waals surface area contributed by atoms with Crippen molar-refractivity contribution in [3.05, 3.63) is 64.5 Å². The summed E-state index contributed by atoms with van der Waals surface area (Å²) in [7, 11) is 0. The summed E-state index contributed by atoms with van der Waals surface area (Å²) in [4.78, 5) is 0. The molecular weight excluding hydrogens is 241 g/mol. The Morgan fingerprint density at radius 3 is 2.37 bits per heavy atom. The van der Waals surface area contributed by atoms with Gasteiger partial charge in [-0.3, -0.25) is 0 Å². The molecule has 0 unspecified atom stereocenters. The van der Waals surface area contributed by atoms with Crippen LogP contribution in [0.5, 0.6) is 5.75 Å². The van der Waals surface area contributed by atoms with Crippen LogP contribution in [0.1, 0.15) is 22.3 Å². The van der Waals surface area contributed by atoms with E-state index in [0.717, 1.165) is 22.3 Å². The zero-order valence-electron chi connectivity index (χ0n) is 11.2. The molecule has 2 aromatic rings. The fourth-order valence-corrected chi connectivity index (χ4v) is 2.01. The Morgan fingerprint density at radius 1 is 1.11 bits per heavy atom. The standard InChI is InChI=1S/C16H18FNO/c1-11-4-3-5-12(2)14(11)10-19-16-7-6-13(9-18)8-15(16)17/h3-8H,9-10,18H2,1-2H3. The first-order chi connectivity index (χ1) is 9.11. The molecule has 2 nitrogen and oxygen atoms in total. The molecule has 2 aromatic carbocycles. The monoisotopic (exact) mass is 259 g/mol. The molecule has 3 heteroatoms. The summed E-state index contributed by atoms with van der Waals surface area (Å²) in [5.74, 6) is -0.103. The summed E-state index contributed by atoms with van der Waals surface area (Å²) in [5, 5.41) is 0. The number of hydrogen-bond acceptors (Lipinski definition) is 2. The molecule has 0 saturated heterocycles. The smallest absolute Gasteiger partial charge is 0.165 e. The van der Waals surface area contributed by atoms with Gasteiger partial charge in [0.1, 0.15) is 6.61 Å². The first kappa shape index (κ1) is 13.6. The van der Waals surface area contributed by atoms with Gasteiger partial charge in [0.2, 0.25) is 0 Å². The molecule has 2 rings (SSSR count). The average Bonchev–Trinajstić information content (AvgIpc) is 2.39. The van der Waals surface area contributed by atoms with Gasteiger partial charge in [-0.2, -0.15) is 0 Å². The number of aryl methyl sites for hydroxylation is 2. The van der Waals surface area contributed by atoms with Crippen molar-refractivity contribution in [3.8, 4) is 5.75 Å². The fourth-order valence-electron chi connectivity index (χ4n) is 2.01. The second-order valence-electron chi connectivity index (χ2n) is 4.63. The lowest BCUT2D eigenvalue weighted by molar-refractivity contribution is 0.288. The molecule has 0 amide bonds. The lowest BCUT2D eigenvalue weighted by Gasteiger charge is -2.12. The Kier molecular flexibility index (Phi) is 4.17. The molecule has 0 bridgehead atoms. The van der Waals surface area contributed by atoms with Crippen LogP contribution in [0.4, 0.5) is 4.39 Å². The number of hydrogen-bond donors (Lipinski definition) is 1. The Labute approximate surface area is 113 Å². The van der Waals surface area contributed by atoms with Crippen LogP contribution >= 0.6 is 0 Å². The van der Waals surface area contributed by atoms with E-state index >= 15 is 0 Å². The molecule has 100 valence electrons. The van der Waals surface area contributed by atoms with Crippen LogP contribution in [-0.2, 0) is 13.2 Å². The predicted molar refractivity (Wildman–Crippen MR) is 74.5 cm³/mol. The molecule has 0 aromatic heterocycles. The number of ether oxygens (including phenoxy) is 1. The molecule has 0 aliphatic heterocycles. The van der Waals surface area contributed by atoms with Crippen molar-refractivity contribution in [3.63, 3.8) is 0 Å². The largest absolute Gasteiger partial charge is 0.486 e. The van der Waals surface area contributed by atoms with Gasteiger partial charge in [-0.25, -0.2) is 4.39 Å². The lowest BCUT2D eigenvalue weighted by atomic mass is 10.0. The zero-order chi connectivity index (χ0) is 13.8. The molecule has 2 N–H and O–H groups in total. The first-order valence-corrected chi connectivity index (χ1v) is 6.28. The van der Waals surface area contributed by atoms with Crippen LogP contribution in [0.3, 0.4) is 0 Å².